The van der Waals surface area contributed by atoms with E-state index in [1.165, 1.54) is 0 Å². The number of nitrogens with one attached hydrogen (secondary N) is 1. The minimum absolute atomic E-state index is 0.0286. The first-order valence-corrected chi connectivity index (χ1v) is 13.9. The van der Waals surface area contributed by atoms with Crippen LogP contribution in [-0.2, 0) is 16.0 Å². The highest BCUT2D eigenvalue weighted by Gasteiger charge is 2.32. The zero-order chi connectivity index (χ0) is 27.1. The van der Waals surface area contributed by atoms with Gasteiger partial charge in [-0.3, -0.25) is 14.6 Å². The quantitative estimate of drug-likeness (QED) is 0.336. The molecule has 10 nitrogen and oxygen atoms in total. The predicted octanol–water partition coefficient (Wildman–Crippen LogP) is 4.37. The second-order valence-corrected chi connectivity index (χ2v) is 11.2. The Morgan fingerprint density at radius 3 is 2.92 bits per heavy atom. The van der Waals surface area contributed by atoms with Gasteiger partial charge in [-0.25, -0.2) is 19.5 Å². The van der Waals surface area contributed by atoms with Crippen molar-refractivity contribution >= 4 is 55.4 Å². The van der Waals surface area contributed by atoms with E-state index in [9.17, 15) is 9.59 Å². The molecular formula is C28H27BrN8O2. The number of carbonyl (C=O) groups excluding carboxylic acids is 2. The van der Waals surface area contributed by atoms with Crippen molar-refractivity contribution < 1.29 is 9.59 Å². The van der Waals surface area contributed by atoms with Crippen LogP contribution in [0.15, 0.2) is 41.3 Å². The zero-order valence-electron chi connectivity index (χ0n) is 21.5. The summed E-state index contributed by atoms with van der Waals surface area (Å²) >= 11 is 3.53. The summed E-state index contributed by atoms with van der Waals surface area (Å²) < 4.78 is 2.37. The summed E-state index contributed by atoms with van der Waals surface area (Å²) in [6, 6.07) is 7.60. The second-order valence-electron chi connectivity index (χ2n) is 10.4. The van der Waals surface area contributed by atoms with Crippen molar-refractivity contribution in [3.8, 4) is 5.69 Å². The van der Waals surface area contributed by atoms with Crippen LogP contribution in [0.3, 0.4) is 0 Å². The van der Waals surface area contributed by atoms with Gasteiger partial charge >= 0.3 is 0 Å². The number of nitrogens with zero attached hydrogens (tertiary/aromatic N) is 7. The molecule has 2 amide bonds. The third-order valence-electron chi connectivity index (χ3n) is 7.99. The van der Waals surface area contributed by atoms with Crippen molar-refractivity contribution in [3.05, 3.63) is 58.5 Å². The van der Waals surface area contributed by atoms with Gasteiger partial charge < -0.3 is 10.2 Å². The van der Waals surface area contributed by atoms with Gasteiger partial charge in [0.25, 0.3) is 0 Å². The summed E-state index contributed by atoms with van der Waals surface area (Å²) in [5.74, 6) is 1.21. The molecule has 2 aliphatic rings. The lowest BCUT2D eigenvalue weighted by molar-refractivity contribution is -0.129. The van der Waals surface area contributed by atoms with Crippen LogP contribution in [0.5, 0.6) is 0 Å². The SMILES string of the molecule is [C-]#[N+]c1cc(-n2nc(Br)c3cnc(C[C@@H]4CC[C@@H](C(=O)NCC5CCC(=O)N5C)C4)nc32)cc2cccnc12. The van der Waals surface area contributed by atoms with Crippen LogP contribution in [-0.4, -0.2) is 61.1 Å². The van der Waals surface area contributed by atoms with Crippen LogP contribution >= 0.6 is 15.9 Å². The van der Waals surface area contributed by atoms with Crippen LogP contribution in [0.25, 0.3) is 32.5 Å². The summed E-state index contributed by atoms with van der Waals surface area (Å²) in [5, 5.41) is 9.36. The van der Waals surface area contributed by atoms with E-state index in [1.807, 2.05) is 18.2 Å². The molecule has 0 spiro atoms. The maximum Gasteiger partial charge on any atom is 0.223 e. The standard InChI is InChI=1S/C28H27BrN8O2/c1-30-22-13-20(12-17-4-3-9-31-25(17)22)37-27-21(26(29)35-37)15-32-23(34-27)11-16-5-6-18(10-16)28(39)33-14-19-7-8-24(38)36(19)2/h3-4,9,12-13,15-16,18-19H,5-8,10-11,14H2,2H3,(H,33,39)/t16-,18-,19?/m1/s1. The third kappa shape index (κ3) is 4.85. The molecule has 1 aliphatic carbocycles. The molecule has 3 aromatic heterocycles. The highest BCUT2D eigenvalue weighted by molar-refractivity contribution is 9.10. The van der Waals surface area contributed by atoms with E-state index >= 15 is 0 Å². The molecule has 198 valence electrons. The molecule has 3 atom stereocenters. The molecule has 0 radical (unpaired) electrons. The molecule has 6 rings (SSSR count). The minimum Gasteiger partial charge on any atom is -0.354 e. The number of fused-ring (bicyclic) bond motifs is 2. The summed E-state index contributed by atoms with van der Waals surface area (Å²) in [5.41, 5.74) is 2.51. The van der Waals surface area contributed by atoms with E-state index in [1.54, 1.807) is 35.1 Å². The number of benzene rings is 1. The predicted molar refractivity (Wildman–Crippen MR) is 149 cm³/mol. The number of likely N-dealkylation sites (N-methyl/N-ethyl adjacent to an activating group) is 1. The van der Waals surface area contributed by atoms with E-state index in [0.29, 0.717) is 52.6 Å². The Hall–Kier alpha value is -3.91. The molecule has 11 heteroatoms. The first-order valence-electron chi connectivity index (χ1n) is 13.1. The van der Waals surface area contributed by atoms with E-state index in [4.69, 9.17) is 11.6 Å². The number of hydrogen-bond donors (Lipinski definition) is 1. The number of aromatic nitrogens is 5. The summed E-state index contributed by atoms with van der Waals surface area (Å²) in [4.78, 5) is 43.8. The van der Waals surface area contributed by atoms with Gasteiger partial charge in [0, 0.05) is 50.8 Å². The van der Waals surface area contributed by atoms with E-state index in [2.05, 4.69) is 41.2 Å². The first-order chi connectivity index (χ1) is 18.9. The lowest BCUT2D eigenvalue weighted by Gasteiger charge is -2.21. The van der Waals surface area contributed by atoms with Gasteiger partial charge in [0.15, 0.2) is 5.65 Å². The van der Waals surface area contributed by atoms with Gasteiger partial charge in [-0.15, -0.1) is 0 Å². The lowest BCUT2D eigenvalue weighted by Crippen LogP contribution is -2.41. The summed E-state index contributed by atoms with van der Waals surface area (Å²) in [7, 11) is 1.81. The van der Waals surface area contributed by atoms with Gasteiger partial charge in [-0.05, 0) is 71.1 Å². The van der Waals surface area contributed by atoms with E-state index in [0.717, 1.165) is 42.1 Å². The van der Waals surface area contributed by atoms with E-state index in [-0.39, 0.29) is 23.8 Å². The Morgan fingerprint density at radius 1 is 1.26 bits per heavy atom. The monoisotopic (exact) mass is 586 g/mol. The molecule has 1 unspecified atom stereocenters. The number of halogens is 1. The van der Waals surface area contributed by atoms with Crippen LogP contribution in [0.2, 0.25) is 0 Å². The van der Waals surface area contributed by atoms with Crippen LogP contribution in [0.1, 0.15) is 37.9 Å². The van der Waals surface area contributed by atoms with Crippen molar-refractivity contribution in [1.82, 2.24) is 34.9 Å². The molecular weight excluding hydrogens is 560 g/mol. The maximum atomic E-state index is 12.8. The second kappa shape index (κ2) is 10.3. The molecule has 1 aliphatic heterocycles. The summed E-state index contributed by atoms with van der Waals surface area (Å²) in [6.07, 6.45) is 8.07. The van der Waals surface area contributed by atoms with Crippen molar-refractivity contribution in [1.29, 1.82) is 0 Å². The van der Waals surface area contributed by atoms with Crippen LogP contribution in [0, 0.1) is 18.4 Å². The maximum absolute atomic E-state index is 12.8. The minimum atomic E-state index is -0.0286. The zero-order valence-corrected chi connectivity index (χ0v) is 23.1. The first kappa shape index (κ1) is 25.4. The number of carbonyl (C=O) groups is 2. The number of hydrogen-bond acceptors (Lipinski definition) is 6. The molecule has 4 aromatic rings. The molecule has 4 heterocycles. The van der Waals surface area contributed by atoms with Gasteiger partial charge in [-0.1, -0.05) is 6.07 Å². The van der Waals surface area contributed by atoms with Crippen LogP contribution < -0.4 is 5.32 Å². The number of pyridine rings is 1. The van der Waals surface area contributed by atoms with Gasteiger partial charge in [-0.2, -0.15) is 5.10 Å². The van der Waals surface area contributed by atoms with Gasteiger partial charge in [0.1, 0.15) is 10.4 Å². The Kier molecular flexibility index (Phi) is 6.73. The molecule has 1 saturated carbocycles. The Labute approximate surface area is 233 Å². The average molecular weight is 587 g/mol. The normalized spacial score (nSPS) is 21.1. The molecule has 2 fully saturated rings. The van der Waals surface area contributed by atoms with Crippen molar-refractivity contribution in [2.24, 2.45) is 11.8 Å². The van der Waals surface area contributed by atoms with E-state index < -0.39 is 0 Å². The fraction of sp³-hybridized carbons (Fsp3) is 0.393. The molecule has 39 heavy (non-hydrogen) atoms. The molecule has 0 bridgehead atoms. The molecule has 1 aromatic carbocycles. The van der Waals surface area contributed by atoms with Crippen molar-refractivity contribution in [2.75, 3.05) is 13.6 Å². The number of amides is 2. The van der Waals surface area contributed by atoms with Gasteiger partial charge in [0.05, 0.1) is 23.2 Å². The van der Waals surface area contributed by atoms with Crippen molar-refractivity contribution in [2.45, 2.75) is 44.6 Å². The average Bonchev–Trinajstić information content (AvgIpc) is 3.64. The molecule has 1 N–H and O–H groups in total. The highest BCUT2D eigenvalue weighted by atomic mass is 79.9. The number of rotatable bonds is 6. The largest absolute Gasteiger partial charge is 0.354 e. The summed E-state index contributed by atoms with van der Waals surface area (Å²) in [6.45, 7) is 8.14. The number of likely N-dealkylation sites (tertiary alicyclic amines) is 1. The topological polar surface area (TPSA) is 110 Å². The Bertz CT molecular complexity index is 1640. The third-order valence-corrected chi connectivity index (χ3v) is 8.58. The van der Waals surface area contributed by atoms with Crippen LogP contribution in [0.4, 0.5) is 5.69 Å². The van der Waals surface area contributed by atoms with Gasteiger partial charge in [0.2, 0.25) is 17.5 Å². The van der Waals surface area contributed by atoms with Crippen molar-refractivity contribution in [3.63, 3.8) is 0 Å². The Balaban J connectivity index is 1.18. The fourth-order valence-electron chi connectivity index (χ4n) is 5.77. The Morgan fingerprint density at radius 2 is 2.13 bits per heavy atom. The lowest BCUT2D eigenvalue weighted by atomic mass is 10.0. The molecule has 1 saturated heterocycles. The smallest absolute Gasteiger partial charge is 0.223 e. The fourth-order valence-corrected chi connectivity index (χ4v) is 6.21. The highest BCUT2D eigenvalue weighted by Crippen LogP contribution is 2.34.